The second-order valence-corrected chi connectivity index (χ2v) is 9.04. The van der Waals surface area contributed by atoms with Crippen molar-refractivity contribution in [1.29, 1.82) is 0 Å². The molecule has 0 aromatic heterocycles. The normalized spacial score (nSPS) is 13.7. The standard InChI is InChI=1S/C21H34O3/c1-18(2,3)24-17(22)19(4,5)20(6,7)21(8,9)23-15-16-13-11-10-12-14-16/h10-14H,15H2,1-9H3. The first-order valence-corrected chi connectivity index (χ1v) is 8.62. The molecular weight excluding hydrogens is 300 g/mol. The van der Waals surface area contributed by atoms with Crippen LogP contribution in [-0.2, 0) is 20.9 Å². The SMILES string of the molecule is CC(C)(C)OC(=O)C(C)(C)C(C)(C)C(C)(C)OCc1ccccc1. The van der Waals surface area contributed by atoms with Gasteiger partial charge < -0.3 is 9.47 Å². The van der Waals surface area contributed by atoms with Gasteiger partial charge in [-0.2, -0.15) is 0 Å². The minimum atomic E-state index is -0.694. The van der Waals surface area contributed by atoms with Gasteiger partial charge in [-0.25, -0.2) is 0 Å². The Morgan fingerprint density at radius 1 is 0.875 bits per heavy atom. The summed E-state index contributed by atoms with van der Waals surface area (Å²) < 4.78 is 11.9. The van der Waals surface area contributed by atoms with E-state index in [1.165, 1.54) is 0 Å². The topological polar surface area (TPSA) is 35.5 Å². The van der Waals surface area contributed by atoms with Crippen LogP contribution in [0, 0.1) is 10.8 Å². The average molecular weight is 334 g/mol. The zero-order chi connectivity index (χ0) is 18.8. The van der Waals surface area contributed by atoms with E-state index >= 15 is 0 Å². The van der Waals surface area contributed by atoms with Gasteiger partial charge in [0.15, 0.2) is 0 Å². The minimum Gasteiger partial charge on any atom is -0.460 e. The summed E-state index contributed by atoms with van der Waals surface area (Å²) in [4.78, 5) is 12.8. The Balaban J connectivity index is 2.95. The van der Waals surface area contributed by atoms with Gasteiger partial charge in [0.05, 0.1) is 17.6 Å². The number of hydrogen-bond donors (Lipinski definition) is 0. The van der Waals surface area contributed by atoms with Crippen LogP contribution in [0.15, 0.2) is 30.3 Å². The molecule has 0 amide bonds. The number of benzene rings is 1. The Hall–Kier alpha value is -1.35. The van der Waals surface area contributed by atoms with E-state index in [2.05, 4.69) is 13.8 Å². The van der Waals surface area contributed by atoms with Crippen molar-refractivity contribution in [2.75, 3.05) is 0 Å². The summed E-state index contributed by atoms with van der Waals surface area (Å²) in [6, 6.07) is 10.1. The fourth-order valence-corrected chi connectivity index (χ4v) is 2.43. The number of carbonyl (C=O) groups excluding carboxylic acids is 1. The fraction of sp³-hybridized carbons (Fsp3) is 0.667. The Kier molecular flexibility index (Phi) is 5.93. The van der Waals surface area contributed by atoms with E-state index in [-0.39, 0.29) is 5.97 Å². The molecule has 0 aliphatic carbocycles. The maximum absolute atomic E-state index is 12.8. The van der Waals surface area contributed by atoms with Gasteiger partial charge in [-0.3, -0.25) is 4.79 Å². The van der Waals surface area contributed by atoms with Crippen molar-refractivity contribution in [3.63, 3.8) is 0 Å². The molecule has 0 unspecified atom stereocenters. The van der Waals surface area contributed by atoms with Crippen molar-refractivity contribution in [3.8, 4) is 0 Å². The first-order chi connectivity index (χ1) is 10.7. The van der Waals surface area contributed by atoms with Crippen LogP contribution in [0.25, 0.3) is 0 Å². The Morgan fingerprint density at radius 2 is 1.38 bits per heavy atom. The van der Waals surface area contributed by atoms with Crippen molar-refractivity contribution in [2.24, 2.45) is 10.8 Å². The van der Waals surface area contributed by atoms with E-state index in [1.807, 2.05) is 78.8 Å². The van der Waals surface area contributed by atoms with Gasteiger partial charge in [-0.05, 0) is 54.0 Å². The van der Waals surface area contributed by atoms with Crippen LogP contribution in [0.1, 0.15) is 67.9 Å². The zero-order valence-corrected chi connectivity index (χ0v) is 16.8. The second kappa shape index (κ2) is 6.87. The van der Waals surface area contributed by atoms with E-state index in [1.54, 1.807) is 0 Å². The Labute approximate surface area is 147 Å². The lowest BCUT2D eigenvalue weighted by Gasteiger charge is -2.50. The Bertz CT molecular complexity index is 548. The average Bonchev–Trinajstić information content (AvgIpc) is 2.44. The van der Waals surface area contributed by atoms with Crippen molar-refractivity contribution >= 4 is 5.97 Å². The summed E-state index contributed by atoms with van der Waals surface area (Å²) in [7, 11) is 0. The molecule has 0 N–H and O–H groups in total. The van der Waals surface area contributed by atoms with Gasteiger partial charge in [0.25, 0.3) is 0 Å². The largest absolute Gasteiger partial charge is 0.460 e. The van der Waals surface area contributed by atoms with Gasteiger partial charge in [-0.15, -0.1) is 0 Å². The van der Waals surface area contributed by atoms with Crippen molar-refractivity contribution in [3.05, 3.63) is 35.9 Å². The molecule has 0 saturated carbocycles. The van der Waals surface area contributed by atoms with Crippen LogP contribution in [0.2, 0.25) is 0 Å². The molecule has 0 atom stereocenters. The molecule has 0 heterocycles. The Morgan fingerprint density at radius 3 is 1.83 bits per heavy atom. The predicted molar refractivity (Wildman–Crippen MR) is 98.7 cm³/mol. The summed E-state index contributed by atoms with van der Waals surface area (Å²) in [6.45, 7) is 18.3. The smallest absolute Gasteiger partial charge is 0.312 e. The van der Waals surface area contributed by atoms with Crippen LogP contribution >= 0.6 is 0 Å². The van der Waals surface area contributed by atoms with Crippen molar-refractivity contribution < 1.29 is 14.3 Å². The zero-order valence-electron chi connectivity index (χ0n) is 16.8. The highest BCUT2D eigenvalue weighted by Gasteiger charge is 2.54. The summed E-state index contributed by atoms with van der Waals surface area (Å²) in [5.41, 5.74) is -1.02. The summed E-state index contributed by atoms with van der Waals surface area (Å²) >= 11 is 0. The minimum absolute atomic E-state index is 0.198. The molecule has 0 fully saturated rings. The molecule has 0 saturated heterocycles. The lowest BCUT2D eigenvalue weighted by atomic mass is 9.59. The first kappa shape index (κ1) is 20.7. The lowest BCUT2D eigenvalue weighted by molar-refractivity contribution is -0.194. The van der Waals surface area contributed by atoms with Gasteiger partial charge in [0.1, 0.15) is 5.60 Å². The van der Waals surface area contributed by atoms with E-state index in [4.69, 9.17) is 9.47 Å². The first-order valence-electron chi connectivity index (χ1n) is 8.62. The molecule has 0 radical (unpaired) electrons. The third kappa shape index (κ3) is 4.60. The van der Waals surface area contributed by atoms with Crippen LogP contribution in [-0.4, -0.2) is 17.2 Å². The number of ether oxygens (including phenoxy) is 2. The monoisotopic (exact) mass is 334 g/mol. The molecule has 0 aliphatic rings. The number of carbonyl (C=O) groups is 1. The van der Waals surface area contributed by atoms with E-state index in [0.717, 1.165) is 5.56 Å². The maximum atomic E-state index is 12.8. The van der Waals surface area contributed by atoms with E-state index in [9.17, 15) is 4.79 Å². The molecule has 0 spiro atoms. The highest BCUT2D eigenvalue weighted by molar-refractivity contribution is 5.77. The third-order valence-electron chi connectivity index (χ3n) is 5.42. The molecule has 0 bridgehead atoms. The maximum Gasteiger partial charge on any atom is 0.312 e. The highest BCUT2D eigenvalue weighted by Crippen LogP contribution is 2.49. The van der Waals surface area contributed by atoms with Gasteiger partial charge in [-0.1, -0.05) is 44.2 Å². The molecular formula is C21H34O3. The van der Waals surface area contributed by atoms with E-state index < -0.39 is 22.0 Å². The quantitative estimate of drug-likeness (QED) is 0.656. The summed E-state index contributed by atoms with van der Waals surface area (Å²) in [5.74, 6) is -0.198. The van der Waals surface area contributed by atoms with Crippen molar-refractivity contribution in [1.82, 2.24) is 0 Å². The molecule has 1 rings (SSSR count). The molecule has 1 aromatic carbocycles. The highest BCUT2D eigenvalue weighted by atomic mass is 16.6. The second-order valence-electron chi connectivity index (χ2n) is 9.04. The predicted octanol–water partition coefficient (Wildman–Crippen LogP) is 5.38. The molecule has 0 aliphatic heterocycles. The van der Waals surface area contributed by atoms with Gasteiger partial charge in [0, 0.05) is 5.41 Å². The number of esters is 1. The van der Waals surface area contributed by atoms with Crippen LogP contribution in [0.4, 0.5) is 0 Å². The summed E-state index contributed by atoms with van der Waals surface area (Å²) in [6.07, 6.45) is 0. The third-order valence-corrected chi connectivity index (χ3v) is 5.42. The lowest BCUT2D eigenvalue weighted by Crippen LogP contribution is -2.55. The number of rotatable bonds is 6. The van der Waals surface area contributed by atoms with Crippen molar-refractivity contribution in [2.45, 2.75) is 80.1 Å². The molecule has 24 heavy (non-hydrogen) atoms. The van der Waals surface area contributed by atoms with Gasteiger partial charge in [0.2, 0.25) is 0 Å². The van der Waals surface area contributed by atoms with Gasteiger partial charge >= 0.3 is 5.97 Å². The summed E-state index contributed by atoms with van der Waals surface area (Å²) in [5, 5.41) is 0. The van der Waals surface area contributed by atoms with E-state index in [0.29, 0.717) is 6.61 Å². The molecule has 3 heteroatoms. The molecule has 1 aromatic rings. The molecule has 3 nitrogen and oxygen atoms in total. The number of hydrogen-bond acceptors (Lipinski definition) is 3. The van der Waals surface area contributed by atoms with Crippen LogP contribution < -0.4 is 0 Å². The molecule has 136 valence electrons. The fourth-order valence-electron chi connectivity index (χ4n) is 2.43. The van der Waals surface area contributed by atoms with Crippen LogP contribution in [0.5, 0.6) is 0 Å². The van der Waals surface area contributed by atoms with Crippen LogP contribution in [0.3, 0.4) is 0 Å².